The number of likely N-dealkylation sites (N-methyl/N-ethyl adjacent to an activating group) is 1. The van der Waals surface area contributed by atoms with Crippen LogP contribution in [-0.4, -0.2) is 42.1 Å². The van der Waals surface area contributed by atoms with Gasteiger partial charge in [0.2, 0.25) is 0 Å². The van der Waals surface area contributed by atoms with Gasteiger partial charge in [0.15, 0.2) is 0 Å². The van der Waals surface area contributed by atoms with Crippen molar-refractivity contribution < 1.29 is 5.11 Å². The molecule has 0 amide bonds. The molecule has 0 rings (SSSR count). The summed E-state index contributed by atoms with van der Waals surface area (Å²) in [6.07, 6.45) is -0.252. The summed E-state index contributed by atoms with van der Waals surface area (Å²) in [7, 11) is 1.94. The van der Waals surface area contributed by atoms with Crippen molar-refractivity contribution in [3.05, 3.63) is 0 Å². The molecule has 0 bridgehead atoms. The summed E-state index contributed by atoms with van der Waals surface area (Å²) in [5.74, 6) is 0.628. The molecule has 0 spiro atoms. The van der Waals surface area contributed by atoms with E-state index in [-0.39, 0.29) is 6.10 Å². The van der Waals surface area contributed by atoms with Crippen molar-refractivity contribution >= 4 is 11.6 Å². The zero-order valence-corrected chi connectivity index (χ0v) is 6.73. The fourth-order valence-electron chi connectivity index (χ4n) is 0.687. The molecule has 0 saturated carbocycles. The van der Waals surface area contributed by atoms with Crippen molar-refractivity contribution in [1.82, 2.24) is 4.90 Å². The molecule has 0 saturated heterocycles. The maximum atomic E-state index is 8.86. The van der Waals surface area contributed by atoms with E-state index in [9.17, 15) is 0 Å². The molecule has 2 nitrogen and oxygen atoms in total. The highest BCUT2D eigenvalue weighted by atomic mass is 35.5. The third-order valence-electron chi connectivity index (χ3n) is 1.04. The number of halogens is 1. The lowest BCUT2D eigenvalue weighted by Gasteiger charge is -2.15. The third-order valence-corrected chi connectivity index (χ3v) is 1.21. The van der Waals surface area contributed by atoms with Crippen molar-refractivity contribution in [1.29, 1.82) is 0 Å². The van der Waals surface area contributed by atoms with E-state index < -0.39 is 0 Å². The number of alkyl halides is 1. The van der Waals surface area contributed by atoms with E-state index in [4.69, 9.17) is 16.7 Å². The van der Waals surface area contributed by atoms with Crippen molar-refractivity contribution in [3.63, 3.8) is 0 Å². The number of hydrogen-bond acceptors (Lipinski definition) is 2. The Morgan fingerprint density at radius 2 is 2.22 bits per heavy atom. The number of aliphatic hydroxyl groups is 1. The van der Waals surface area contributed by atoms with Crippen LogP contribution >= 0.6 is 11.6 Å². The van der Waals surface area contributed by atoms with Crippen LogP contribution in [0.4, 0.5) is 0 Å². The molecule has 56 valence electrons. The minimum Gasteiger partial charge on any atom is -0.392 e. The summed E-state index contributed by atoms with van der Waals surface area (Å²) in [6, 6.07) is 0. The summed E-state index contributed by atoms with van der Waals surface area (Å²) < 4.78 is 0. The second-order valence-corrected chi connectivity index (χ2v) is 2.68. The highest BCUT2D eigenvalue weighted by molar-refractivity contribution is 6.18. The van der Waals surface area contributed by atoms with Crippen LogP contribution in [0.5, 0.6) is 0 Å². The molecule has 0 fully saturated rings. The fourth-order valence-corrected chi connectivity index (χ4v) is 0.975. The lowest BCUT2D eigenvalue weighted by Crippen LogP contribution is -2.28. The van der Waals surface area contributed by atoms with Crippen LogP contribution in [0.2, 0.25) is 0 Å². The number of aliphatic hydroxyl groups excluding tert-OH is 1. The van der Waals surface area contributed by atoms with Crippen molar-refractivity contribution in [2.45, 2.75) is 13.0 Å². The van der Waals surface area contributed by atoms with Crippen molar-refractivity contribution in [2.75, 3.05) is 26.0 Å². The predicted molar refractivity (Wildman–Crippen MR) is 39.9 cm³/mol. The summed E-state index contributed by atoms with van der Waals surface area (Å²) in [4.78, 5) is 2.00. The zero-order chi connectivity index (χ0) is 7.28. The van der Waals surface area contributed by atoms with Gasteiger partial charge in [-0.1, -0.05) is 0 Å². The van der Waals surface area contributed by atoms with E-state index in [0.717, 1.165) is 6.54 Å². The van der Waals surface area contributed by atoms with E-state index in [2.05, 4.69) is 0 Å². The molecule has 0 aliphatic carbocycles. The van der Waals surface area contributed by atoms with Gasteiger partial charge in [0, 0.05) is 19.0 Å². The van der Waals surface area contributed by atoms with Gasteiger partial charge < -0.3 is 10.0 Å². The highest BCUT2D eigenvalue weighted by Gasteiger charge is 1.99. The molecule has 0 aliphatic heterocycles. The summed E-state index contributed by atoms with van der Waals surface area (Å²) >= 11 is 5.46. The molecule has 0 radical (unpaired) electrons. The van der Waals surface area contributed by atoms with Crippen LogP contribution < -0.4 is 0 Å². The van der Waals surface area contributed by atoms with Crippen molar-refractivity contribution in [2.24, 2.45) is 0 Å². The first-order chi connectivity index (χ1) is 4.16. The highest BCUT2D eigenvalue weighted by Crippen LogP contribution is 1.87. The van der Waals surface area contributed by atoms with E-state index >= 15 is 0 Å². The topological polar surface area (TPSA) is 23.5 Å². The Labute approximate surface area is 61.4 Å². The summed E-state index contributed by atoms with van der Waals surface area (Å²) in [5, 5.41) is 8.86. The molecule has 0 aromatic carbocycles. The Hall–Kier alpha value is 0.210. The first kappa shape index (κ1) is 9.21. The van der Waals surface area contributed by atoms with Gasteiger partial charge in [0.1, 0.15) is 0 Å². The number of rotatable bonds is 4. The standard InChI is InChI=1S/C6H14ClNO/c1-6(9)5-8(2)4-3-7/h6,9H,3-5H2,1-2H3. The number of nitrogens with zero attached hydrogens (tertiary/aromatic N) is 1. The minimum absolute atomic E-state index is 0.252. The fraction of sp³-hybridized carbons (Fsp3) is 1.00. The SMILES string of the molecule is CC(O)CN(C)CCCl. The average Bonchev–Trinajstić information content (AvgIpc) is 1.63. The van der Waals surface area contributed by atoms with E-state index in [1.165, 1.54) is 0 Å². The quantitative estimate of drug-likeness (QED) is 0.593. The van der Waals surface area contributed by atoms with Gasteiger partial charge in [-0.25, -0.2) is 0 Å². The molecule has 0 aromatic rings. The van der Waals surface area contributed by atoms with Gasteiger partial charge in [-0.2, -0.15) is 0 Å². The Morgan fingerprint density at radius 3 is 2.56 bits per heavy atom. The van der Waals surface area contributed by atoms with Gasteiger partial charge in [0.25, 0.3) is 0 Å². The Balaban J connectivity index is 3.15. The number of hydrogen-bond donors (Lipinski definition) is 1. The Kier molecular flexibility index (Phi) is 5.15. The smallest absolute Gasteiger partial charge is 0.0638 e. The second-order valence-electron chi connectivity index (χ2n) is 2.30. The zero-order valence-electron chi connectivity index (χ0n) is 5.97. The van der Waals surface area contributed by atoms with E-state index in [0.29, 0.717) is 12.4 Å². The average molecular weight is 152 g/mol. The first-order valence-electron chi connectivity index (χ1n) is 3.09. The van der Waals surface area contributed by atoms with Crippen molar-refractivity contribution in [3.8, 4) is 0 Å². The predicted octanol–water partition coefficient (Wildman–Crippen LogP) is 0.538. The van der Waals surface area contributed by atoms with Crippen LogP contribution in [0.3, 0.4) is 0 Å². The summed E-state index contributed by atoms with van der Waals surface area (Å²) in [6.45, 7) is 3.31. The first-order valence-corrected chi connectivity index (χ1v) is 3.63. The molecule has 9 heavy (non-hydrogen) atoms. The molecule has 1 atom stereocenters. The van der Waals surface area contributed by atoms with Crippen LogP contribution in [0, 0.1) is 0 Å². The molecule has 1 unspecified atom stereocenters. The monoisotopic (exact) mass is 151 g/mol. The Morgan fingerprint density at radius 1 is 1.67 bits per heavy atom. The normalized spacial score (nSPS) is 14.3. The third kappa shape index (κ3) is 6.09. The second kappa shape index (κ2) is 5.03. The van der Waals surface area contributed by atoms with Crippen LogP contribution in [-0.2, 0) is 0 Å². The van der Waals surface area contributed by atoms with Gasteiger partial charge in [-0.05, 0) is 14.0 Å². The minimum atomic E-state index is -0.252. The van der Waals surface area contributed by atoms with Crippen LogP contribution in [0.1, 0.15) is 6.92 Å². The van der Waals surface area contributed by atoms with Gasteiger partial charge in [-0.15, -0.1) is 11.6 Å². The van der Waals surface area contributed by atoms with Crippen LogP contribution in [0.25, 0.3) is 0 Å². The Bertz CT molecular complexity index is 68.1. The lowest BCUT2D eigenvalue weighted by atomic mass is 10.4. The van der Waals surface area contributed by atoms with Crippen LogP contribution in [0.15, 0.2) is 0 Å². The van der Waals surface area contributed by atoms with Gasteiger partial charge in [0.05, 0.1) is 6.10 Å². The van der Waals surface area contributed by atoms with E-state index in [1.807, 2.05) is 11.9 Å². The summed E-state index contributed by atoms with van der Waals surface area (Å²) in [5.41, 5.74) is 0. The molecule has 1 N–H and O–H groups in total. The lowest BCUT2D eigenvalue weighted by molar-refractivity contribution is 0.145. The maximum absolute atomic E-state index is 8.86. The molecule has 0 heterocycles. The molecule has 3 heteroatoms. The largest absolute Gasteiger partial charge is 0.392 e. The molecule has 0 aromatic heterocycles. The van der Waals surface area contributed by atoms with Gasteiger partial charge >= 0.3 is 0 Å². The molecular formula is C6H14ClNO. The van der Waals surface area contributed by atoms with Gasteiger partial charge in [-0.3, -0.25) is 0 Å². The molecular weight excluding hydrogens is 138 g/mol. The van der Waals surface area contributed by atoms with E-state index in [1.54, 1.807) is 6.92 Å². The maximum Gasteiger partial charge on any atom is 0.0638 e. The molecule has 0 aliphatic rings.